The van der Waals surface area contributed by atoms with Crippen molar-refractivity contribution in [3.8, 4) is 0 Å². The number of thioether (sulfide) groups is 1. The molecule has 0 saturated heterocycles. The average Bonchev–Trinajstić information content (AvgIpc) is 2.21. The fraction of sp³-hybridized carbons (Fsp3) is 0.929. The molecule has 1 atom stereocenters. The fourth-order valence-electron chi connectivity index (χ4n) is 2.37. The topological polar surface area (TPSA) is 20.3 Å². The molecule has 0 radical (unpaired) electrons. The number of ketones is 1. The summed E-state index contributed by atoms with van der Waals surface area (Å²) < 4.78 is 0. The van der Waals surface area contributed by atoms with Gasteiger partial charge in [0, 0.05) is 18.0 Å². The number of rotatable bonds is 8. The van der Waals surface area contributed by atoms with Crippen LogP contribution in [-0.2, 0) is 4.79 Å². The molecule has 0 saturated carbocycles. The van der Waals surface area contributed by atoms with Crippen molar-refractivity contribution >= 4 is 17.5 Å². The molecule has 0 aliphatic carbocycles. The Balaban J connectivity index is 4.91. The molecule has 0 heterocycles. The third-order valence-electron chi connectivity index (χ3n) is 3.05. The Bertz CT molecular complexity index is 218. The van der Waals surface area contributed by atoms with Crippen LogP contribution in [0.3, 0.4) is 0 Å². The molecule has 1 unspecified atom stereocenters. The van der Waals surface area contributed by atoms with Crippen molar-refractivity contribution in [2.45, 2.75) is 66.1 Å². The van der Waals surface area contributed by atoms with Crippen LogP contribution in [0.4, 0.5) is 0 Å². The molecule has 2 nitrogen and oxygen atoms in total. The van der Waals surface area contributed by atoms with Crippen LogP contribution in [-0.4, -0.2) is 40.8 Å². The second-order valence-corrected chi connectivity index (χ2v) is 6.47. The lowest BCUT2D eigenvalue weighted by molar-refractivity contribution is -0.129. The molecule has 0 aromatic rings. The number of hydrogen-bond donors (Lipinski definition) is 0. The molecule has 102 valence electrons. The highest BCUT2D eigenvalue weighted by atomic mass is 32.2. The van der Waals surface area contributed by atoms with Crippen LogP contribution in [0.2, 0.25) is 0 Å². The smallest absolute Gasteiger partial charge is 0.152 e. The van der Waals surface area contributed by atoms with Crippen LogP contribution in [0.5, 0.6) is 0 Å². The van der Waals surface area contributed by atoms with Gasteiger partial charge in [-0.05, 0) is 46.1 Å². The van der Waals surface area contributed by atoms with E-state index < -0.39 is 0 Å². The molecule has 3 heteroatoms. The summed E-state index contributed by atoms with van der Waals surface area (Å²) in [6.07, 6.45) is 3.07. The van der Waals surface area contributed by atoms with Crippen LogP contribution in [0, 0.1) is 5.92 Å². The van der Waals surface area contributed by atoms with E-state index in [2.05, 4.69) is 38.9 Å². The first-order valence-electron chi connectivity index (χ1n) is 6.63. The molecule has 0 spiro atoms. The van der Waals surface area contributed by atoms with Gasteiger partial charge in [-0.3, -0.25) is 9.69 Å². The minimum atomic E-state index is 0.0856. The number of carbonyl (C=O) groups is 1. The van der Waals surface area contributed by atoms with Crippen LogP contribution in [0.15, 0.2) is 0 Å². The van der Waals surface area contributed by atoms with Gasteiger partial charge in [-0.1, -0.05) is 13.8 Å². The second kappa shape index (κ2) is 8.15. The number of carbonyl (C=O) groups excluding carboxylic acids is 1. The Morgan fingerprint density at radius 2 is 1.53 bits per heavy atom. The molecule has 0 N–H and O–H groups in total. The van der Waals surface area contributed by atoms with E-state index in [1.165, 1.54) is 0 Å². The van der Waals surface area contributed by atoms with Gasteiger partial charge in [-0.15, -0.1) is 0 Å². The standard InChI is InChI=1S/C14H29NOS/c1-10(2)14(16)13(8-9-17-7)15(11(3)4)12(5)6/h10-13H,8-9H2,1-7H3. The van der Waals surface area contributed by atoms with Gasteiger partial charge >= 0.3 is 0 Å². The maximum atomic E-state index is 12.3. The summed E-state index contributed by atoms with van der Waals surface area (Å²) in [4.78, 5) is 14.7. The number of nitrogens with zero attached hydrogens (tertiary/aromatic N) is 1. The molecule has 0 amide bonds. The molecular formula is C14H29NOS. The van der Waals surface area contributed by atoms with E-state index in [0.717, 1.165) is 12.2 Å². The van der Waals surface area contributed by atoms with E-state index in [4.69, 9.17) is 0 Å². The van der Waals surface area contributed by atoms with Gasteiger partial charge in [0.2, 0.25) is 0 Å². The van der Waals surface area contributed by atoms with Gasteiger partial charge in [0.1, 0.15) is 0 Å². The van der Waals surface area contributed by atoms with Crippen LogP contribution in [0.1, 0.15) is 48.0 Å². The van der Waals surface area contributed by atoms with Crippen LogP contribution >= 0.6 is 11.8 Å². The zero-order chi connectivity index (χ0) is 13.6. The Hall–Kier alpha value is -0.0200. The zero-order valence-electron chi connectivity index (χ0n) is 12.5. The average molecular weight is 259 g/mol. The molecule has 0 aliphatic rings. The minimum Gasteiger partial charge on any atom is -0.298 e. The summed E-state index contributed by atoms with van der Waals surface area (Å²) in [7, 11) is 0. The SMILES string of the molecule is CSCCC(C(=O)C(C)C)N(C(C)C)C(C)C. The molecular weight excluding hydrogens is 230 g/mol. The highest BCUT2D eigenvalue weighted by Gasteiger charge is 2.30. The summed E-state index contributed by atoms with van der Waals surface area (Å²) in [5, 5.41) is 0. The number of hydrogen-bond acceptors (Lipinski definition) is 3. The predicted molar refractivity (Wildman–Crippen MR) is 78.7 cm³/mol. The second-order valence-electron chi connectivity index (χ2n) is 5.49. The minimum absolute atomic E-state index is 0.0856. The lowest BCUT2D eigenvalue weighted by atomic mass is 9.96. The molecule has 0 bridgehead atoms. The lowest BCUT2D eigenvalue weighted by Crippen LogP contribution is -2.50. The molecule has 0 aromatic carbocycles. The fourth-order valence-corrected chi connectivity index (χ4v) is 2.83. The summed E-state index contributed by atoms with van der Waals surface area (Å²) >= 11 is 1.82. The molecule has 0 aliphatic heterocycles. The van der Waals surface area contributed by atoms with Gasteiger partial charge in [0.15, 0.2) is 5.78 Å². The van der Waals surface area contributed by atoms with E-state index in [9.17, 15) is 4.79 Å². The maximum absolute atomic E-state index is 12.3. The Morgan fingerprint density at radius 3 is 1.82 bits per heavy atom. The highest BCUT2D eigenvalue weighted by Crippen LogP contribution is 2.19. The molecule has 17 heavy (non-hydrogen) atoms. The summed E-state index contributed by atoms with van der Waals surface area (Å²) in [5.74, 6) is 1.57. The molecule has 0 fully saturated rings. The third kappa shape index (κ3) is 5.43. The highest BCUT2D eigenvalue weighted by molar-refractivity contribution is 7.98. The summed E-state index contributed by atoms with van der Waals surface area (Å²) in [6.45, 7) is 12.7. The van der Waals surface area contributed by atoms with Crippen LogP contribution in [0.25, 0.3) is 0 Å². The largest absolute Gasteiger partial charge is 0.298 e. The Morgan fingerprint density at radius 1 is 1.06 bits per heavy atom. The third-order valence-corrected chi connectivity index (χ3v) is 3.69. The van der Waals surface area contributed by atoms with Crippen molar-refractivity contribution in [2.24, 2.45) is 5.92 Å². The van der Waals surface area contributed by atoms with Gasteiger partial charge in [0.05, 0.1) is 6.04 Å². The van der Waals surface area contributed by atoms with Crippen molar-refractivity contribution in [1.29, 1.82) is 0 Å². The molecule has 0 rings (SSSR count). The van der Waals surface area contributed by atoms with E-state index in [1.807, 2.05) is 25.6 Å². The van der Waals surface area contributed by atoms with Gasteiger partial charge in [-0.2, -0.15) is 11.8 Å². The van der Waals surface area contributed by atoms with E-state index in [0.29, 0.717) is 17.9 Å². The van der Waals surface area contributed by atoms with E-state index in [1.54, 1.807) is 0 Å². The summed E-state index contributed by atoms with van der Waals surface area (Å²) in [5.41, 5.74) is 0. The monoisotopic (exact) mass is 259 g/mol. The Labute approximate surface area is 112 Å². The lowest BCUT2D eigenvalue weighted by Gasteiger charge is -2.38. The van der Waals surface area contributed by atoms with Crippen LogP contribution < -0.4 is 0 Å². The normalized spacial score (nSPS) is 14.1. The number of Topliss-reactive ketones (excluding diaryl/α,β-unsaturated/α-hetero) is 1. The van der Waals surface area contributed by atoms with Gasteiger partial charge < -0.3 is 0 Å². The van der Waals surface area contributed by atoms with Crippen molar-refractivity contribution in [2.75, 3.05) is 12.0 Å². The van der Waals surface area contributed by atoms with E-state index in [-0.39, 0.29) is 12.0 Å². The van der Waals surface area contributed by atoms with Crippen molar-refractivity contribution in [3.63, 3.8) is 0 Å². The van der Waals surface area contributed by atoms with Gasteiger partial charge in [-0.25, -0.2) is 0 Å². The summed E-state index contributed by atoms with van der Waals surface area (Å²) in [6, 6.07) is 0.927. The Kier molecular flexibility index (Phi) is 8.14. The van der Waals surface area contributed by atoms with E-state index >= 15 is 0 Å². The zero-order valence-corrected chi connectivity index (χ0v) is 13.3. The first-order valence-corrected chi connectivity index (χ1v) is 8.02. The quantitative estimate of drug-likeness (QED) is 0.666. The van der Waals surface area contributed by atoms with Gasteiger partial charge in [0.25, 0.3) is 0 Å². The first kappa shape index (κ1) is 17.0. The van der Waals surface area contributed by atoms with Crippen molar-refractivity contribution in [3.05, 3.63) is 0 Å². The molecule has 0 aromatic heterocycles. The predicted octanol–water partition coefficient (Wildman–Crippen LogP) is 3.45. The van der Waals surface area contributed by atoms with Crippen molar-refractivity contribution < 1.29 is 4.79 Å². The first-order chi connectivity index (χ1) is 7.82. The van der Waals surface area contributed by atoms with Crippen molar-refractivity contribution in [1.82, 2.24) is 4.90 Å². The maximum Gasteiger partial charge on any atom is 0.152 e.